The van der Waals surface area contributed by atoms with Crippen molar-refractivity contribution in [3.8, 4) is 6.19 Å². The number of anilines is 1. The van der Waals surface area contributed by atoms with Crippen LogP contribution in [0, 0.1) is 18.4 Å². The molecule has 1 heterocycles. The van der Waals surface area contributed by atoms with Crippen molar-refractivity contribution in [2.75, 3.05) is 32.1 Å². The van der Waals surface area contributed by atoms with Crippen LogP contribution >= 0.6 is 0 Å². The van der Waals surface area contributed by atoms with Crippen LogP contribution in [0.4, 0.5) is 5.82 Å². The van der Waals surface area contributed by atoms with Gasteiger partial charge in [0, 0.05) is 33.0 Å². The molecule has 0 bridgehead atoms. The van der Waals surface area contributed by atoms with Crippen molar-refractivity contribution in [1.29, 1.82) is 5.26 Å². The minimum Gasteiger partial charge on any atom is -0.359 e. The van der Waals surface area contributed by atoms with Crippen LogP contribution in [-0.2, 0) is 0 Å². The highest BCUT2D eigenvalue weighted by atomic mass is 15.2. The third-order valence-electron chi connectivity index (χ3n) is 2.33. The van der Waals surface area contributed by atoms with E-state index in [1.807, 2.05) is 25.1 Å². The molecule has 0 aromatic carbocycles. The maximum atomic E-state index is 8.48. The summed E-state index contributed by atoms with van der Waals surface area (Å²) in [6.45, 7) is 3.16. The van der Waals surface area contributed by atoms with Crippen LogP contribution in [0.2, 0.25) is 0 Å². The lowest BCUT2D eigenvalue weighted by Gasteiger charge is -2.18. The number of aryl methyl sites for hydroxylation is 1. The fourth-order valence-corrected chi connectivity index (χ4v) is 1.43. The highest BCUT2D eigenvalue weighted by Crippen LogP contribution is 2.10. The number of nitrogens with zero attached hydrogens (tertiary/aromatic N) is 5. The van der Waals surface area contributed by atoms with E-state index in [-0.39, 0.29) is 0 Å². The molecule has 0 atom stereocenters. The number of rotatable bonds is 4. The molecule has 0 aliphatic carbocycles. The topological polar surface area (TPSA) is 89.2 Å². The lowest BCUT2D eigenvalue weighted by atomic mass is 10.4. The van der Waals surface area contributed by atoms with Gasteiger partial charge in [0.2, 0.25) is 5.96 Å². The molecule has 7 nitrogen and oxygen atoms in total. The van der Waals surface area contributed by atoms with Crippen molar-refractivity contribution in [3.63, 3.8) is 0 Å². The fraction of sp³-hybridized carbons (Fsp3) is 0.455. The number of hydrogen-bond donors (Lipinski definition) is 2. The second kappa shape index (κ2) is 7.06. The quantitative estimate of drug-likeness (QED) is 0.333. The summed E-state index contributed by atoms with van der Waals surface area (Å²) < 4.78 is 0. The predicted molar refractivity (Wildman–Crippen MR) is 70.1 cm³/mol. The van der Waals surface area contributed by atoms with Gasteiger partial charge in [-0.1, -0.05) is 0 Å². The smallest absolute Gasteiger partial charge is 0.204 e. The number of nitriles is 1. The maximum absolute atomic E-state index is 8.48. The van der Waals surface area contributed by atoms with Crippen molar-refractivity contribution in [2.45, 2.75) is 6.92 Å². The number of aliphatic imine (C=N–C) groups is 1. The normalized spacial score (nSPS) is 10.7. The number of guanidine groups is 1. The summed E-state index contributed by atoms with van der Waals surface area (Å²) in [6, 6.07) is 0. The Morgan fingerprint density at radius 2 is 2.22 bits per heavy atom. The van der Waals surface area contributed by atoms with E-state index >= 15 is 0 Å². The first kappa shape index (κ1) is 13.7. The molecule has 0 aliphatic heterocycles. The first-order valence-electron chi connectivity index (χ1n) is 5.55. The Bertz CT molecular complexity index is 449. The standard InChI is InChI=1S/C11H17N7/c1-9-10(15-5-4-14-9)18(3)7-6-16-11(13-2)17-8-12/h4-5H,6-7H2,1-3H3,(H2,13,16,17). The monoisotopic (exact) mass is 247 g/mol. The molecular formula is C11H17N7. The zero-order valence-electron chi connectivity index (χ0n) is 10.8. The summed E-state index contributed by atoms with van der Waals surface area (Å²) in [5.41, 5.74) is 0.882. The van der Waals surface area contributed by atoms with Crippen molar-refractivity contribution in [3.05, 3.63) is 18.1 Å². The van der Waals surface area contributed by atoms with Gasteiger partial charge in [0.15, 0.2) is 6.19 Å². The van der Waals surface area contributed by atoms with Crippen LogP contribution in [0.25, 0.3) is 0 Å². The molecule has 0 radical (unpaired) electrons. The molecule has 0 amide bonds. The molecule has 0 fully saturated rings. The SMILES string of the molecule is CNC(=NCCN(C)c1nccnc1C)NC#N. The number of likely N-dealkylation sites (N-methyl/N-ethyl adjacent to an activating group) is 1. The largest absolute Gasteiger partial charge is 0.359 e. The summed E-state index contributed by atoms with van der Waals surface area (Å²) in [5.74, 6) is 1.30. The minimum atomic E-state index is 0.460. The summed E-state index contributed by atoms with van der Waals surface area (Å²) in [6.07, 6.45) is 5.15. The molecule has 1 aromatic heterocycles. The Morgan fingerprint density at radius 1 is 1.50 bits per heavy atom. The van der Waals surface area contributed by atoms with Gasteiger partial charge in [0.25, 0.3) is 0 Å². The van der Waals surface area contributed by atoms with E-state index in [1.54, 1.807) is 19.4 Å². The molecule has 0 saturated heterocycles. The first-order valence-corrected chi connectivity index (χ1v) is 5.55. The van der Waals surface area contributed by atoms with Gasteiger partial charge in [0.05, 0.1) is 12.2 Å². The van der Waals surface area contributed by atoms with Crippen LogP contribution in [0.3, 0.4) is 0 Å². The third-order valence-corrected chi connectivity index (χ3v) is 2.33. The van der Waals surface area contributed by atoms with Gasteiger partial charge in [-0.05, 0) is 6.92 Å². The molecule has 2 N–H and O–H groups in total. The zero-order chi connectivity index (χ0) is 13.4. The molecule has 1 aromatic rings. The average molecular weight is 247 g/mol. The minimum absolute atomic E-state index is 0.460. The molecule has 1 rings (SSSR count). The molecule has 7 heteroatoms. The molecule has 0 aliphatic rings. The second-order valence-electron chi connectivity index (χ2n) is 3.60. The zero-order valence-corrected chi connectivity index (χ0v) is 10.8. The first-order chi connectivity index (χ1) is 8.69. The van der Waals surface area contributed by atoms with E-state index in [0.717, 1.165) is 11.5 Å². The van der Waals surface area contributed by atoms with E-state index in [4.69, 9.17) is 5.26 Å². The predicted octanol–water partition coefficient (Wildman–Crippen LogP) is -0.133. The molecule has 18 heavy (non-hydrogen) atoms. The summed E-state index contributed by atoms with van der Waals surface area (Å²) >= 11 is 0. The Morgan fingerprint density at radius 3 is 2.83 bits per heavy atom. The van der Waals surface area contributed by atoms with E-state index in [2.05, 4.69) is 25.6 Å². The van der Waals surface area contributed by atoms with Crippen LogP contribution in [-0.4, -0.2) is 43.1 Å². The molecular weight excluding hydrogens is 230 g/mol. The highest BCUT2D eigenvalue weighted by Gasteiger charge is 2.05. The molecule has 0 saturated carbocycles. The van der Waals surface area contributed by atoms with Crippen molar-refractivity contribution < 1.29 is 0 Å². The number of aromatic nitrogens is 2. The van der Waals surface area contributed by atoms with E-state index in [1.165, 1.54) is 0 Å². The lowest BCUT2D eigenvalue weighted by Crippen LogP contribution is -2.32. The third kappa shape index (κ3) is 3.90. The van der Waals surface area contributed by atoms with E-state index < -0.39 is 0 Å². The highest BCUT2D eigenvalue weighted by molar-refractivity contribution is 5.80. The molecule has 96 valence electrons. The van der Waals surface area contributed by atoms with Crippen LogP contribution in [0.1, 0.15) is 5.69 Å². The van der Waals surface area contributed by atoms with Gasteiger partial charge in [-0.3, -0.25) is 15.3 Å². The summed E-state index contributed by atoms with van der Waals surface area (Å²) in [4.78, 5) is 14.6. The van der Waals surface area contributed by atoms with E-state index in [0.29, 0.717) is 19.0 Å². The fourth-order valence-electron chi connectivity index (χ4n) is 1.43. The van der Waals surface area contributed by atoms with Gasteiger partial charge < -0.3 is 10.2 Å². The Hall–Kier alpha value is -2.36. The van der Waals surface area contributed by atoms with Crippen molar-refractivity contribution >= 4 is 11.8 Å². The Kier molecular flexibility index (Phi) is 5.38. The van der Waals surface area contributed by atoms with Gasteiger partial charge in [0.1, 0.15) is 5.82 Å². The number of nitrogens with one attached hydrogen (secondary N) is 2. The van der Waals surface area contributed by atoms with Crippen LogP contribution < -0.4 is 15.5 Å². The average Bonchev–Trinajstić information content (AvgIpc) is 2.38. The van der Waals surface area contributed by atoms with Gasteiger partial charge in [-0.15, -0.1) is 0 Å². The maximum Gasteiger partial charge on any atom is 0.204 e. The molecule has 0 spiro atoms. The van der Waals surface area contributed by atoms with Crippen molar-refractivity contribution in [1.82, 2.24) is 20.6 Å². The Labute approximate surface area is 107 Å². The summed E-state index contributed by atoms with van der Waals surface area (Å²) in [7, 11) is 3.64. The lowest BCUT2D eigenvalue weighted by molar-refractivity contribution is 0.845. The van der Waals surface area contributed by atoms with Gasteiger partial charge in [-0.25, -0.2) is 4.98 Å². The van der Waals surface area contributed by atoms with Gasteiger partial charge >= 0.3 is 0 Å². The number of hydrogen-bond acceptors (Lipinski definition) is 5. The van der Waals surface area contributed by atoms with Crippen molar-refractivity contribution in [2.24, 2.45) is 4.99 Å². The summed E-state index contributed by atoms with van der Waals surface area (Å²) in [5, 5.41) is 13.7. The van der Waals surface area contributed by atoms with Crippen LogP contribution in [0.15, 0.2) is 17.4 Å². The Balaban J connectivity index is 2.54. The van der Waals surface area contributed by atoms with Crippen LogP contribution in [0.5, 0.6) is 0 Å². The van der Waals surface area contributed by atoms with Gasteiger partial charge in [-0.2, -0.15) is 5.26 Å². The second-order valence-corrected chi connectivity index (χ2v) is 3.60. The van der Waals surface area contributed by atoms with E-state index in [9.17, 15) is 0 Å². The molecule has 0 unspecified atom stereocenters.